The van der Waals surface area contributed by atoms with Gasteiger partial charge in [-0.3, -0.25) is 4.90 Å². The Hall–Kier alpha value is -1.72. The molecule has 2 atom stereocenters. The molecule has 0 radical (unpaired) electrons. The van der Waals surface area contributed by atoms with Crippen molar-refractivity contribution in [1.82, 2.24) is 15.1 Å². The quantitative estimate of drug-likeness (QED) is 0.938. The summed E-state index contributed by atoms with van der Waals surface area (Å²) in [4.78, 5) is 2.17. The summed E-state index contributed by atoms with van der Waals surface area (Å²) in [5.41, 5.74) is 2.10. The molecular formula is C16H21N3O2. The van der Waals surface area contributed by atoms with Gasteiger partial charge in [-0.05, 0) is 37.4 Å². The van der Waals surface area contributed by atoms with Gasteiger partial charge in [0.05, 0.1) is 12.6 Å². The van der Waals surface area contributed by atoms with Crippen molar-refractivity contribution in [2.75, 3.05) is 13.1 Å². The Morgan fingerprint density at radius 2 is 2.14 bits per heavy atom. The summed E-state index contributed by atoms with van der Waals surface area (Å²) in [6.45, 7) is 6.35. The van der Waals surface area contributed by atoms with Crippen molar-refractivity contribution >= 4 is 0 Å². The van der Waals surface area contributed by atoms with Crippen LogP contribution in [0.4, 0.5) is 0 Å². The van der Waals surface area contributed by atoms with Gasteiger partial charge in [0.1, 0.15) is 0 Å². The summed E-state index contributed by atoms with van der Waals surface area (Å²) >= 11 is 0. The molecule has 1 N–H and O–H groups in total. The molecule has 0 amide bonds. The lowest BCUT2D eigenvalue weighted by molar-refractivity contribution is 0.0228. The van der Waals surface area contributed by atoms with Crippen molar-refractivity contribution in [2.24, 2.45) is 5.92 Å². The first-order valence-electron chi connectivity index (χ1n) is 7.42. The van der Waals surface area contributed by atoms with Gasteiger partial charge < -0.3 is 9.52 Å². The molecule has 1 aliphatic rings. The number of aromatic nitrogens is 2. The smallest absolute Gasteiger partial charge is 0.248 e. The molecule has 2 unspecified atom stereocenters. The van der Waals surface area contributed by atoms with Crippen molar-refractivity contribution in [1.29, 1.82) is 0 Å². The van der Waals surface area contributed by atoms with Gasteiger partial charge in [0, 0.05) is 12.1 Å². The number of hydrogen-bond donors (Lipinski definition) is 1. The lowest BCUT2D eigenvalue weighted by Gasteiger charge is -2.33. The lowest BCUT2D eigenvalue weighted by atomic mass is 9.96. The number of aliphatic hydroxyl groups excluding tert-OH is 1. The number of aryl methyl sites for hydroxylation is 1. The van der Waals surface area contributed by atoms with Crippen LogP contribution in [0.1, 0.15) is 24.8 Å². The van der Waals surface area contributed by atoms with Gasteiger partial charge in [-0.2, -0.15) is 0 Å². The molecule has 2 aromatic rings. The van der Waals surface area contributed by atoms with E-state index in [2.05, 4.69) is 22.0 Å². The molecule has 112 valence electrons. The molecule has 5 nitrogen and oxygen atoms in total. The summed E-state index contributed by atoms with van der Waals surface area (Å²) < 4.78 is 5.77. The third-order valence-corrected chi connectivity index (χ3v) is 4.20. The number of benzene rings is 1. The second kappa shape index (κ2) is 5.95. The molecule has 1 saturated heterocycles. The monoisotopic (exact) mass is 287 g/mol. The van der Waals surface area contributed by atoms with Crippen LogP contribution in [0, 0.1) is 12.8 Å². The normalized spacial score (nSPS) is 23.4. The minimum Gasteiger partial charge on any atom is -0.419 e. The number of rotatable bonds is 3. The topological polar surface area (TPSA) is 62.4 Å². The highest BCUT2D eigenvalue weighted by Crippen LogP contribution is 2.23. The molecule has 0 aliphatic carbocycles. The van der Waals surface area contributed by atoms with Gasteiger partial charge in [0.15, 0.2) is 0 Å². The zero-order valence-electron chi connectivity index (χ0n) is 12.5. The summed E-state index contributed by atoms with van der Waals surface area (Å²) in [6, 6.07) is 7.97. The maximum absolute atomic E-state index is 9.94. The molecule has 0 bridgehead atoms. The largest absolute Gasteiger partial charge is 0.419 e. The minimum absolute atomic E-state index is 0.266. The predicted octanol–water partition coefficient (Wildman–Crippen LogP) is 2.25. The first-order valence-corrected chi connectivity index (χ1v) is 7.42. The summed E-state index contributed by atoms with van der Waals surface area (Å²) in [6.07, 6.45) is 0.734. The first-order chi connectivity index (χ1) is 10.1. The van der Waals surface area contributed by atoms with E-state index in [0.29, 0.717) is 30.8 Å². The number of hydrogen-bond acceptors (Lipinski definition) is 5. The second-order valence-electron chi connectivity index (χ2n) is 5.88. The highest BCUT2D eigenvalue weighted by Gasteiger charge is 2.25. The Balaban J connectivity index is 1.70. The van der Waals surface area contributed by atoms with Crippen LogP contribution in [0.2, 0.25) is 0 Å². The number of aliphatic hydroxyl groups is 1. The van der Waals surface area contributed by atoms with Crippen LogP contribution in [0.5, 0.6) is 0 Å². The van der Waals surface area contributed by atoms with E-state index in [1.165, 1.54) is 0 Å². The van der Waals surface area contributed by atoms with Gasteiger partial charge in [0.25, 0.3) is 0 Å². The van der Waals surface area contributed by atoms with Crippen LogP contribution < -0.4 is 0 Å². The van der Waals surface area contributed by atoms with E-state index in [1.807, 2.05) is 31.2 Å². The van der Waals surface area contributed by atoms with Crippen LogP contribution in [-0.2, 0) is 6.54 Å². The highest BCUT2D eigenvalue weighted by atomic mass is 16.4. The van der Waals surface area contributed by atoms with Gasteiger partial charge in [-0.15, -0.1) is 10.2 Å². The molecule has 2 heterocycles. The number of β-amino-alcohol motifs (C(OH)–C–C–N with tert-alkyl or cyclic N) is 1. The number of nitrogens with zero attached hydrogens (tertiary/aromatic N) is 3. The lowest BCUT2D eigenvalue weighted by Crippen LogP contribution is -2.42. The van der Waals surface area contributed by atoms with Gasteiger partial charge in [0.2, 0.25) is 11.8 Å². The summed E-state index contributed by atoms with van der Waals surface area (Å²) in [5.74, 6) is 1.54. The average Bonchev–Trinajstić information content (AvgIpc) is 2.92. The Kier molecular flexibility index (Phi) is 4.03. The maximum Gasteiger partial charge on any atom is 0.248 e. The fraction of sp³-hybridized carbons (Fsp3) is 0.500. The van der Waals surface area contributed by atoms with Crippen LogP contribution in [0.25, 0.3) is 11.5 Å². The summed E-state index contributed by atoms with van der Waals surface area (Å²) in [7, 11) is 0. The molecule has 21 heavy (non-hydrogen) atoms. The first kappa shape index (κ1) is 14.2. The molecule has 1 aliphatic heterocycles. The molecule has 5 heteroatoms. The van der Waals surface area contributed by atoms with E-state index >= 15 is 0 Å². The van der Waals surface area contributed by atoms with Crippen LogP contribution >= 0.6 is 0 Å². The van der Waals surface area contributed by atoms with E-state index in [1.54, 1.807) is 0 Å². The molecular weight excluding hydrogens is 266 g/mol. The van der Waals surface area contributed by atoms with Crippen LogP contribution in [0.3, 0.4) is 0 Å². The van der Waals surface area contributed by atoms with E-state index in [4.69, 9.17) is 4.42 Å². The van der Waals surface area contributed by atoms with Gasteiger partial charge in [-0.25, -0.2) is 0 Å². The maximum atomic E-state index is 9.94. The number of piperidine rings is 1. The Morgan fingerprint density at radius 1 is 1.33 bits per heavy atom. The van der Waals surface area contributed by atoms with Crippen LogP contribution in [0.15, 0.2) is 28.7 Å². The average molecular weight is 287 g/mol. The third-order valence-electron chi connectivity index (χ3n) is 4.20. The zero-order valence-corrected chi connectivity index (χ0v) is 12.5. The Morgan fingerprint density at radius 3 is 2.90 bits per heavy atom. The van der Waals surface area contributed by atoms with Gasteiger partial charge in [-0.1, -0.05) is 25.1 Å². The van der Waals surface area contributed by atoms with Crippen molar-refractivity contribution < 1.29 is 9.52 Å². The van der Waals surface area contributed by atoms with Crippen molar-refractivity contribution in [3.05, 3.63) is 35.7 Å². The standard InChI is InChI=1S/C16H21N3O2/c1-11-5-3-4-6-13(11)16-18-17-15(21-16)10-19-8-7-12(2)14(20)9-19/h3-6,12,14,20H,7-10H2,1-2H3. The third kappa shape index (κ3) is 3.14. The highest BCUT2D eigenvalue weighted by molar-refractivity contribution is 5.57. The molecule has 1 fully saturated rings. The Bertz CT molecular complexity index is 611. The SMILES string of the molecule is Cc1ccccc1-c1nnc(CN2CCC(C)C(O)C2)o1. The molecule has 1 aromatic carbocycles. The van der Waals surface area contributed by atoms with E-state index < -0.39 is 0 Å². The van der Waals surface area contributed by atoms with Gasteiger partial charge >= 0.3 is 0 Å². The predicted molar refractivity (Wildman–Crippen MR) is 79.5 cm³/mol. The molecule has 0 saturated carbocycles. The molecule has 3 rings (SSSR count). The minimum atomic E-state index is -0.266. The van der Waals surface area contributed by atoms with E-state index in [-0.39, 0.29) is 6.10 Å². The fourth-order valence-electron chi connectivity index (χ4n) is 2.69. The van der Waals surface area contributed by atoms with Crippen LogP contribution in [-0.4, -0.2) is 39.4 Å². The number of likely N-dealkylation sites (tertiary alicyclic amines) is 1. The van der Waals surface area contributed by atoms with Crippen molar-refractivity contribution in [3.63, 3.8) is 0 Å². The molecule has 0 spiro atoms. The molecule has 1 aromatic heterocycles. The van der Waals surface area contributed by atoms with Crippen molar-refractivity contribution in [2.45, 2.75) is 32.9 Å². The second-order valence-corrected chi connectivity index (χ2v) is 5.88. The van der Waals surface area contributed by atoms with Crippen molar-refractivity contribution in [3.8, 4) is 11.5 Å². The van der Waals surface area contributed by atoms with E-state index in [9.17, 15) is 5.11 Å². The van der Waals surface area contributed by atoms with E-state index in [0.717, 1.165) is 24.1 Å². The summed E-state index contributed by atoms with van der Waals surface area (Å²) in [5, 5.41) is 18.2. The zero-order chi connectivity index (χ0) is 14.8. The Labute approximate surface area is 124 Å². The fourth-order valence-corrected chi connectivity index (χ4v) is 2.69.